The van der Waals surface area contributed by atoms with Gasteiger partial charge < -0.3 is 15.1 Å². The zero-order valence-corrected chi connectivity index (χ0v) is 13.3. The van der Waals surface area contributed by atoms with Gasteiger partial charge in [-0.2, -0.15) is 5.26 Å². The van der Waals surface area contributed by atoms with Gasteiger partial charge in [-0.1, -0.05) is 0 Å². The Balaban J connectivity index is 1.66. The molecule has 0 saturated heterocycles. The number of nitriles is 1. The summed E-state index contributed by atoms with van der Waals surface area (Å²) >= 11 is 0. The van der Waals surface area contributed by atoms with Crippen LogP contribution < -0.4 is 10.6 Å². The van der Waals surface area contributed by atoms with Gasteiger partial charge in [-0.3, -0.25) is 9.59 Å². The lowest BCUT2D eigenvalue weighted by Gasteiger charge is -2.08. The van der Waals surface area contributed by atoms with E-state index in [9.17, 15) is 14.0 Å². The number of benzene rings is 2. The van der Waals surface area contributed by atoms with Crippen LogP contribution in [0.3, 0.4) is 0 Å². The molecule has 0 aliphatic rings. The Kier molecular flexibility index (Phi) is 4.76. The van der Waals surface area contributed by atoms with Crippen LogP contribution >= 0.6 is 0 Å². The van der Waals surface area contributed by atoms with Crippen LogP contribution in [0.5, 0.6) is 0 Å². The molecule has 3 aromatic rings. The highest BCUT2D eigenvalue weighted by Crippen LogP contribution is 2.17. The third-order valence-electron chi connectivity index (χ3n) is 3.49. The molecule has 3 rings (SSSR count). The van der Waals surface area contributed by atoms with Gasteiger partial charge in [-0.15, -0.1) is 0 Å². The number of furan rings is 1. The highest BCUT2D eigenvalue weighted by molar-refractivity contribution is 6.05. The number of carbonyl (C=O) groups excluding carboxylic acids is 2. The summed E-state index contributed by atoms with van der Waals surface area (Å²) in [5, 5.41) is 13.9. The predicted molar refractivity (Wildman–Crippen MR) is 92.2 cm³/mol. The third kappa shape index (κ3) is 3.76. The zero-order valence-electron chi connectivity index (χ0n) is 13.3. The molecule has 0 aliphatic heterocycles. The fourth-order valence-electron chi connectivity index (χ4n) is 2.20. The number of nitrogens with one attached hydrogen (secondary N) is 2. The molecule has 2 aromatic carbocycles. The van der Waals surface area contributed by atoms with Gasteiger partial charge in [0, 0.05) is 11.4 Å². The van der Waals surface area contributed by atoms with Crippen molar-refractivity contribution in [3.63, 3.8) is 0 Å². The topological polar surface area (TPSA) is 95.1 Å². The maximum Gasteiger partial charge on any atom is 0.291 e. The highest BCUT2D eigenvalue weighted by atomic mass is 19.1. The van der Waals surface area contributed by atoms with E-state index in [0.29, 0.717) is 11.4 Å². The number of hydrogen-bond donors (Lipinski definition) is 2. The van der Waals surface area contributed by atoms with Gasteiger partial charge in [0.2, 0.25) is 0 Å². The molecular formula is C19H12FN3O3. The molecule has 0 fully saturated rings. The van der Waals surface area contributed by atoms with Gasteiger partial charge >= 0.3 is 0 Å². The normalized spacial score (nSPS) is 10.0. The molecule has 1 aromatic heterocycles. The summed E-state index contributed by atoms with van der Waals surface area (Å²) in [4.78, 5) is 24.0. The molecule has 0 atom stereocenters. The maximum atomic E-state index is 13.9. The molecule has 2 amide bonds. The molecule has 0 saturated carbocycles. The van der Waals surface area contributed by atoms with Crippen molar-refractivity contribution >= 4 is 23.2 Å². The average molecular weight is 349 g/mol. The van der Waals surface area contributed by atoms with Crippen LogP contribution in [0.2, 0.25) is 0 Å². The molecule has 7 heteroatoms. The minimum atomic E-state index is -0.774. The second kappa shape index (κ2) is 7.32. The summed E-state index contributed by atoms with van der Waals surface area (Å²) in [6.07, 6.45) is 1.40. The van der Waals surface area contributed by atoms with E-state index >= 15 is 0 Å². The molecule has 0 radical (unpaired) electrons. The lowest BCUT2D eigenvalue weighted by atomic mass is 10.1. The van der Waals surface area contributed by atoms with Crippen LogP contribution in [0.25, 0.3) is 0 Å². The number of rotatable bonds is 4. The monoisotopic (exact) mass is 349 g/mol. The minimum absolute atomic E-state index is 0.135. The molecule has 128 valence electrons. The number of carbonyl (C=O) groups is 2. The Labute approximate surface area is 147 Å². The van der Waals surface area contributed by atoms with Crippen LogP contribution in [-0.2, 0) is 0 Å². The molecule has 1 heterocycles. The van der Waals surface area contributed by atoms with E-state index in [4.69, 9.17) is 9.68 Å². The van der Waals surface area contributed by atoms with E-state index in [-0.39, 0.29) is 16.9 Å². The standard InChI is InChI=1S/C19H12FN3O3/c20-16-10-12(11-21)3-8-15(16)18(24)22-13-4-6-14(7-5-13)23-19(25)17-2-1-9-26-17/h1-10H,(H,22,24)(H,23,25). The van der Waals surface area contributed by atoms with Crippen molar-refractivity contribution in [1.82, 2.24) is 0 Å². The van der Waals surface area contributed by atoms with Crippen LogP contribution in [0.1, 0.15) is 26.5 Å². The number of anilines is 2. The first kappa shape index (κ1) is 16.9. The maximum absolute atomic E-state index is 13.9. The summed E-state index contributed by atoms with van der Waals surface area (Å²) in [6, 6.07) is 14.9. The van der Waals surface area contributed by atoms with Gasteiger partial charge in [0.25, 0.3) is 11.8 Å². The highest BCUT2D eigenvalue weighted by Gasteiger charge is 2.13. The fourth-order valence-corrected chi connectivity index (χ4v) is 2.20. The molecule has 6 nitrogen and oxygen atoms in total. The average Bonchev–Trinajstić information content (AvgIpc) is 3.18. The van der Waals surface area contributed by atoms with Gasteiger partial charge in [0.05, 0.1) is 23.5 Å². The molecule has 0 bridgehead atoms. The second-order valence-electron chi connectivity index (χ2n) is 5.27. The molecule has 0 unspecified atom stereocenters. The van der Waals surface area contributed by atoms with Crippen molar-refractivity contribution in [1.29, 1.82) is 5.26 Å². The SMILES string of the molecule is N#Cc1ccc(C(=O)Nc2ccc(NC(=O)c3ccco3)cc2)c(F)c1. The summed E-state index contributed by atoms with van der Waals surface area (Å²) < 4.78 is 18.9. The van der Waals surface area contributed by atoms with Gasteiger partial charge in [0.15, 0.2) is 5.76 Å². The lowest BCUT2D eigenvalue weighted by Crippen LogP contribution is -2.14. The largest absolute Gasteiger partial charge is 0.459 e. The van der Waals surface area contributed by atoms with Crippen molar-refractivity contribution in [2.75, 3.05) is 10.6 Å². The first-order chi connectivity index (χ1) is 12.6. The zero-order chi connectivity index (χ0) is 18.5. The van der Waals surface area contributed by atoms with E-state index in [1.807, 2.05) is 0 Å². The molecule has 26 heavy (non-hydrogen) atoms. The van der Waals surface area contributed by atoms with Gasteiger partial charge in [-0.05, 0) is 54.6 Å². The van der Waals surface area contributed by atoms with Crippen LogP contribution in [0.15, 0.2) is 65.3 Å². The second-order valence-corrected chi connectivity index (χ2v) is 5.27. The quantitative estimate of drug-likeness (QED) is 0.749. The summed E-state index contributed by atoms with van der Waals surface area (Å²) in [7, 11) is 0. The van der Waals surface area contributed by atoms with Crippen molar-refractivity contribution in [2.24, 2.45) is 0 Å². The van der Waals surface area contributed by atoms with E-state index in [2.05, 4.69) is 10.6 Å². The molecule has 0 aliphatic carbocycles. The predicted octanol–water partition coefficient (Wildman–Crippen LogP) is 3.79. The van der Waals surface area contributed by atoms with Crippen molar-refractivity contribution in [2.45, 2.75) is 0 Å². The molecule has 0 spiro atoms. The Morgan fingerprint density at radius 3 is 2.15 bits per heavy atom. The smallest absolute Gasteiger partial charge is 0.291 e. The number of hydrogen-bond acceptors (Lipinski definition) is 4. The molecular weight excluding hydrogens is 337 g/mol. The van der Waals surface area contributed by atoms with Crippen LogP contribution in [0.4, 0.5) is 15.8 Å². The van der Waals surface area contributed by atoms with E-state index < -0.39 is 17.6 Å². The number of nitrogens with zero attached hydrogens (tertiary/aromatic N) is 1. The number of halogens is 1. The van der Waals surface area contributed by atoms with Crippen molar-refractivity contribution in [3.8, 4) is 6.07 Å². The Bertz CT molecular complexity index is 990. The lowest BCUT2D eigenvalue weighted by molar-refractivity contribution is 0.0994. The summed E-state index contributed by atoms with van der Waals surface area (Å²) in [5.41, 5.74) is 0.901. The van der Waals surface area contributed by atoms with E-state index in [1.165, 1.54) is 24.5 Å². The van der Waals surface area contributed by atoms with Crippen LogP contribution in [0, 0.1) is 17.1 Å². The van der Waals surface area contributed by atoms with Crippen LogP contribution in [-0.4, -0.2) is 11.8 Å². The third-order valence-corrected chi connectivity index (χ3v) is 3.49. The van der Waals surface area contributed by atoms with Gasteiger partial charge in [0.1, 0.15) is 5.82 Å². The van der Waals surface area contributed by atoms with Crippen molar-refractivity contribution in [3.05, 3.63) is 83.6 Å². The van der Waals surface area contributed by atoms with E-state index in [1.54, 1.807) is 36.4 Å². The Hall–Kier alpha value is -3.92. The van der Waals surface area contributed by atoms with E-state index in [0.717, 1.165) is 6.07 Å². The fraction of sp³-hybridized carbons (Fsp3) is 0. The number of amides is 2. The van der Waals surface area contributed by atoms with Crippen molar-refractivity contribution < 1.29 is 18.4 Å². The summed E-state index contributed by atoms with van der Waals surface area (Å²) in [5.74, 6) is -1.63. The Morgan fingerprint density at radius 2 is 1.62 bits per heavy atom. The first-order valence-electron chi connectivity index (χ1n) is 7.53. The minimum Gasteiger partial charge on any atom is -0.459 e. The summed E-state index contributed by atoms with van der Waals surface area (Å²) in [6.45, 7) is 0. The molecule has 2 N–H and O–H groups in total. The first-order valence-corrected chi connectivity index (χ1v) is 7.53. The Morgan fingerprint density at radius 1 is 0.962 bits per heavy atom. The van der Waals surface area contributed by atoms with Gasteiger partial charge in [-0.25, -0.2) is 4.39 Å².